The fraction of sp³-hybridized carbons (Fsp3) is 0.400. The monoisotopic (exact) mass is 285 g/mol. The molecule has 0 bridgehead atoms. The molecule has 1 saturated heterocycles. The van der Waals surface area contributed by atoms with Gasteiger partial charge in [0, 0.05) is 50.3 Å². The van der Waals surface area contributed by atoms with Crippen LogP contribution in [-0.2, 0) is 7.05 Å². The Morgan fingerprint density at radius 2 is 2.05 bits per heavy atom. The number of primary amides is 1. The molecule has 0 atom stereocenters. The van der Waals surface area contributed by atoms with E-state index in [2.05, 4.69) is 21.0 Å². The number of anilines is 1. The van der Waals surface area contributed by atoms with Crippen molar-refractivity contribution < 1.29 is 4.79 Å². The van der Waals surface area contributed by atoms with Gasteiger partial charge in [-0.15, -0.1) is 0 Å². The second kappa shape index (κ2) is 5.55. The summed E-state index contributed by atoms with van der Waals surface area (Å²) in [5.41, 5.74) is 8.09. The van der Waals surface area contributed by atoms with E-state index < -0.39 is 5.91 Å². The first-order chi connectivity index (χ1) is 10.2. The third-order valence-electron chi connectivity index (χ3n) is 4.18. The van der Waals surface area contributed by atoms with E-state index in [0.717, 1.165) is 31.6 Å². The van der Waals surface area contributed by atoms with E-state index >= 15 is 0 Å². The Kier molecular flexibility index (Phi) is 3.60. The lowest BCUT2D eigenvalue weighted by Crippen LogP contribution is -2.35. The van der Waals surface area contributed by atoms with Crippen LogP contribution in [0.3, 0.4) is 0 Å². The Bertz CT molecular complexity index is 643. The Morgan fingerprint density at radius 1 is 1.29 bits per heavy atom. The first-order valence-electron chi connectivity index (χ1n) is 7.13. The zero-order chi connectivity index (χ0) is 14.8. The van der Waals surface area contributed by atoms with Gasteiger partial charge in [0.1, 0.15) is 0 Å². The van der Waals surface area contributed by atoms with E-state index in [-0.39, 0.29) is 0 Å². The van der Waals surface area contributed by atoms with Gasteiger partial charge in [-0.3, -0.25) is 14.5 Å². The van der Waals surface area contributed by atoms with Crippen molar-refractivity contribution in [3.63, 3.8) is 0 Å². The summed E-state index contributed by atoms with van der Waals surface area (Å²) in [6.45, 7) is 1.81. The predicted molar refractivity (Wildman–Crippen MR) is 80.2 cm³/mol. The number of amides is 1. The number of nitrogens with two attached hydrogens (primary N) is 1. The Morgan fingerprint density at radius 3 is 2.67 bits per heavy atom. The molecule has 0 radical (unpaired) electrons. The molecule has 110 valence electrons. The third-order valence-corrected chi connectivity index (χ3v) is 4.18. The van der Waals surface area contributed by atoms with E-state index in [1.165, 1.54) is 5.69 Å². The third kappa shape index (κ3) is 2.61. The van der Waals surface area contributed by atoms with Gasteiger partial charge < -0.3 is 10.6 Å². The van der Waals surface area contributed by atoms with Crippen molar-refractivity contribution in [2.45, 2.75) is 18.8 Å². The second-order valence-electron chi connectivity index (χ2n) is 5.40. The van der Waals surface area contributed by atoms with Crippen LogP contribution in [0.5, 0.6) is 0 Å². The van der Waals surface area contributed by atoms with E-state index in [0.29, 0.717) is 11.5 Å². The molecule has 0 aliphatic carbocycles. The Labute approximate surface area is 123 Å². The number of carbonyl (C=O) groups excluding carboxylic acids is 1. The Balaban J connectivity index is 1.75. The lowest BCUT2D eigenvalue weighted by molar-refractivity contribution is 0.100. The highest BCUT2D eigenvalue weighted by molar-refractivity contribution is 5.98. The van der Waals surface area contributed by atoms with Gasteiger partial charge in [0.25, 0.3) is 5.91 Å². The normalized spacial score (nSPS) is 16.1. The zero-order valence-electron chi connectivity index (χ0n) is 12.1. The molecule has 2 N–H and O–H groups in total. The summed E-state index contributed by atoms with van der Waals surface area (Å²) < 4.78 is 1.95. The summed E-state index contributed by atoms with van der Waals surface area (Å²) in [5.74, 6) is 0.0967. The summed E-state index contributed by atoms with van der Waals surface area (Å²) >= 11 is 0. The van der Waals surface area contributed by atoms with Gasteiger partial charge in [-0.05, 0) is 25.0 Å². The van der Waals surface area contributed by atoms with Gasteiger partial charge >= 0.3 is 0 Å². The molecule has 6 heteroatoms. The van der Waals surface area contributed by atoms with E-state index in [1.54, 1.807) is 12.4 Å². The number of pyridine rings is 1. The van der Waals surface area contributed by atoms with Crippen molar-refractivity contribution in [2.75, 3.05) is 18.0 Å². The number of aryl methyl sites for hydroxylation is 1. The van der Waals surface area contributed by atoms with Crippen molar-refractivity contribution in [1.29, 1.82) is 0 Å². The highest BCUT2D eigenvalue weighted by Gasteiger charge is 2.24. The number of hydrogen-bond acceptors (Lipinski definition) is 4. The van der Waals surface area contributed by atoms with Crippen LogP contribution in [0.1, 0.15) is 34.8 Å². The minimum absolute atomic E-state index is 0.424. The standard InChI is InChI=1S/C15H19N5O/c1-19-13(3-7-18-19)11-4-8-20(9-5-11)14-2-6-17-10-12(14)15(16)21/h2-3,6-7,10-11H,4-5,8-9H2,1H3,(H2,16,21). The molecule has 1 aliphatic rings. The Hall–Kier alpha value is -2.37. The van der Waals surface area contributed by atoms with Gasteiger partial charge in [-0.2, -0.15) is 5.10 Å². The van der Waals surface area contributed by atoms with Gasteiger partial charge in [-0.25, -0.2) is 0 Å². The van der Waals surface area contributed by atoms with Crippen molar-refractivity contribution >= 4 is 11.6 Å². The molecule has 2 aromatic rings. The van der Waals surface area contributed by atoms with Gasteiger partial charge in [0.05, 0.1) is 11.3 Å². The maximum Gasteiger partial charge on any atom is 0.252 e. The minimum atomic E-state index is -0.424. The van der Waals surface area contributed by atoms with Crippen LogP contribution in [0.2, 0.25) is 0 Å². The first kappa shape index (κ1) is 13.6. The quantitative estimate of drug-likeness (QED) is 0.922. The molecule has 3 heterocycles. The number of carbonyl (C=O) groups is 1. The summed E-state index contributed by atoms with van der Waals surface area (Å²) in [7, 11) is 1.98. The van der Waals surface area contributed by atoms with Crippen molar-refractivity contribution in [3.8, 4) is 0 Å². The molecule has 0 spiro atoms. The lowest BCUT2D eigenvalue weighted by Gasteiger charge is -2.34. The average molecular weight is 285 g/mol. The number of nitrogens with zero attached hydrogens (tertiary/aromatic N) is 4. The van der Waals surface area contributed by atoms with Crippen LogP contribution in [0.15, 0.2) is 30.7 Å². The zero-order valence-corrected chi connectivity index (χ0v) is 12.1. The van der Waals surface area contributed by atoms with Crippen LogP contribution in [0.25, 0.3) is 0 Å². The molecular formula is C15H19N5O. The van der Waals surface area contributed by atoms with Crippen molar-refractivity contribution in [1.82, 2.24) is 14.8 Å². The van der Waals surface area contributed by atoms with Gasteiger partial charge in [0.15, 0.2) is 0 Å². The van der Waals surface area contributed by atoms with E-state index in [9.17, 15) is 4.79 Å². The van der Waals surface area contributed by atoms with Crippen LogP contribution in [0, 0.1) is 0 Å². The fourth-order valence-corrected chi connectivity index (χ4v) is 3.05. The van der Waals surface area contributed by atoms with Crippen LogP contribution in [-0.4, -0.2) is 33.8 Å². The topological polar surface area (TPSA) is 77.0 Å². The molecule has 1 fully saturated rings. The largest absolute Gasteiger partial charge is 0.371 e. The van der Waals surface area contributed by atoms with Crippen LogP contribution >= 0.6 is 0 Å². The fourth-order valence-electron chi connectivity index (χ4n) is 3.05. The molecular weight excluding hydrogens is 266 g/mol. The maximum absolute atomic E-state index is 11.5. The first-order valence-corrected chi connectivity index (χ1v) is 7.13. The summed E-state index contributed by atoms with van der Waals surface area (Å²) in [6, 6.07) is 3.95. The summed E-state index contributed by atoms with van der Waals surface area (Å²) in [6.07, 6.45) is 7.18. The van der Waals surface area contributed by atoms with Crippen molar-refractivity contribution in [3.05, 3.63) is 42.0 Å². The molecule has 0 saturated carbocycles. The molecule has 6 nitrogen and oxygen atoms in total. The van der Waals surface area contributed by atoms with Gasteiger partial charge in [-0.1, -0.05) is 0 Å². The molecule has 1 amide bonds. The van der Waals surface area contributed by atoms with Crippen LogP contribution in [0.4, 0.5) is 5.69 Å². The predicted octanol–water partition coefficient (Wildman–Crippen LogP) is 1.30. The highest BCUT2D eigenvalue weighted by atomic mass is 16.1. The molecule has 3 rings (SSSR count). The van der Waals surface area contributed by atoms with Crippen molar-refractivity contribution in [2.24, 2.45) is 12.8 Å². The number of aromatic nitrogens is 3. The van der Waals surface area contributed by atoms with E-state index in [1.807, 2.05) is 24.0 Å². The minimum Gasteiger partial charge on any atom is -0.371 e. The molecule has 2 aromatic heterocycles. The SMILES string of the molecule is Cn1nccc1C1CCN(c2ccncc2C(N)=O)CC1. The summed E-state index contributed by atoms with van der Waals surface area (Å²) in [4.78, 5) is 17.7. The maximum atomic E-state index is 11.5. The second-order valence-corrected chi connectivity index (χ2v) is 5.40. The van der Waals surface area contributed by atoms with Crippen LogP contribution < -0.4 is 10.6 Å². The number of hydrogen-bond donors (Lipinski definition) is 1. The molecule has 0 aromatic carbocycles. The average Bonchev–Trinajstić information content (AvgIpc) is 2.93. The molecule has 21 heavy (non-hydrogen) atoms. The molecule has 0 unspecified atom stereocenters. The highest BCUT2D eigenvalue weighted by Crippen LogP contribution is 2.31. The number of rotatable bonds is 3. The number of piperidine rings is 1. The summed E-state index contributed by atoms with van der Waals surface area (Å²) in [5, 5.41) is 4.24. The van der Waals surface area contributed by atoms with E-state index in [4.69, 9.17) is 5.73 Å². The smallest absolute Gasteiger partial charge is 0.252 e. The lowest BCUT2D eigenvalue weighted by atomic mass is 9.93. The van der Waals surface area contributed by atoms with Gasteiger partial charge in [0.2, 0.25) is 0 Å². The molecule has 1 aliphatic heterocycles.